The van der Waals surface area contributed by atoms with Crippen LogP contribution in [0.15, 0.2) is 81.3 Å². The number of anilines is 1. The Labute approximate surface area is 202 Å². The number of benzene rings is 2. The smallest absolute Gasteiger partial charge is 0.343 e. The van der Waals surface area contributed by atoms with Crippen LogP contribution in [0.1, 0.15) is 30.2 Å². The van der Waals surface area contributed by atoms with Crippen LogP contribution in [-0.4, -0.2) is 31.4 Å². The van der Waals surface area contributed by atoms with Crippen molar-refractivity contribution in [3.05, 3.63) is 83.5 Å². The van der Waals surface area contributed by atoms with Gasteiger partial charge >= 0.3 is 5.97 Å². The van der Waals surface area contributed by atoms with Gasteiger partial charge in [0.05, 0.1) is 25.1 Å². The van der Waals surface area contributed by atoms with Crippen LogP contribution in [0.3, 0.4) is 0 Å². The van der Waals surface area contributed by atoms with Gasteiger partial charge in [0.2, 0.25) is 0 Å². The van der Waals surface area contributed by atoms with Crippen LogP contribution in [0.2, 0.25) is 0 Å². The fourth-order valence-corrected chi connectivity index (χ4v) is 3.47. The third-order valence-corrected chi connectivity index (χ3v) is 5.11. The zero-order valence-electron chi connectivity index (χ0n) is 19.6. The number of rotatable bonds is 7. The molecule has 1 aliphatic heterocycles. The molecule has 0 saturated heterocycles. The van der Waals surface area contributed by atoms with Crippen molar-refractivity contribution in [3.63, 3.8) is 0 Å². The molecule has 1 aromatic heterocycles. The van der Waals surface area contributed by atoms with Crippen LogP contribution in [0.5, 0.6) is 11.5 Å². The summed E-state index contributed by atoms with van der Waals surface area (Å²) in [5.41, 5.74) is 1.89. The maximum Gasteiger partial charge on any atom is 0.343 e. The first-order valence-corrected chi connectivity index (χ1v) is 11.0. The minimum atomic E-state index is -0.602. The molecule has 35 heavy (non-hydrogen) atoms. The molecular weight excluding hydrogens is 450 g/mol. The Bertz CT molecular complexity index is 1310. The van der Waals surface area contributed by atoms with Gasteiger partial charge in [-0.1, -0.05) is 24.3 Å². The molecule has 1 aliphatic rings. The highest BCUT2D eigenvalue weighted by Crippen LogP contribution is 2.30. The fraction of sp³-hybridized carbons (Fsp3) is 0.192. The van der Waals surface area contributed by atoms with Crippen molar-refractivity contribution in [2.24, 2.45) is 4.99 Å². The molecule has 2 aromatic carbocycles. The van der Waals surface area contributed by atoms with E-state index in [1.807, 2.05) is 30.3 Å². The second-order valence-electron chi connectivity index (χ2n) is 7.48. The molecule has 9 nitrogen and oxygen atoms in total. The first-order chi connectivity index (χ1) is 17.0. The van der Waals surface area contributed by atoms with E-state index in [-0.39, 0.29) is 30.4 Å². The summed E-state index contributed by atoms with van der Waals surface area (Å²) < 4.78 is 21.9. The molecule has 0 saturated carbocycles. The molecule has 1 amide bonds. The van der Waals surface area contributed by atoms with Crippen molar-refractivity contribution in [2.75, 3.05) is 19.0 Å². The second kappa shape index (κ2) is 10.6. The Balaban J connectivity index is 1.54. The topological polar surface area (TPSA) is 111 Å². The highest BCUT2D eigenvalue weighted by atomic mass is 16.5. The van der Waals surface area contributed by atoms with Gasteiger partial charge in [-0.3, -0.25) is 4.79 Å². The summed E-state index contributed by atoms with van der Waals surface area (Å²) in [5, 5.41) is 5.86. The molecule has 2 N–H and O–H groups in total. The molecule has 9 heteroatoms. The van der Waals surface area contributed by atoms with E-state index in [1.165, 1.54) is 6.07 Å². The van der Waals surface area contributed by atoms with Crippen molar-refractivity contribution in [1.82, 2.24) is 5.32 Å². The second-order valence-corrected chi connectivity index (χ2v) is 7.48. The fourth-order valence-electron chi connectivity index (χ4n) is 3.47. The first-order valence-electron chi connectivity index (χ1n) is 11.0. The van der Waals surface area contributed by atoms with Gasteiger partial charge < -0.3 is 29.3 Å². The third-order valence-electron chi connectivity index (χ3n) is 5.11. The number of carbonyl (C=O) groups is 2. The molecule has 0 fully saturated rings. The Kier molecular flexibility index (Phi) is 7.15. The molecule has 0 radical (unpaired) electrons. The number of nitrogens with one attached hydrogen (secondary N) is 2. The summed E-state index contributed by atoms with van der Waals surface area (Å²) >= 11 is 0. The molecule has 4 rings (SSSR count). The zero-order chi connectivity index (χ0) is 24.8. The van der Waals surface area contributed by atoms with Crippen LogP contribution in [-0.2, 0) is 16.1 Å². The van der Waals surface area contributed by atoms with Crippen molar-refractivity contribution < 1.29 is 28.2 Å². The van der Waals surface area contributed by atoms with E-state index in [0.29, 0.717) is 34.3 Å². The number of esters is 1. The summed E-state index contributed by atoms with van der Waals surface area (Å²) in [5.74, 6) is 0.510. The molecular formula is C26H25N3O6. The normalized spacial score (nSPS) is 12.6. The number of para-hydroxylation sites is 4. The van der Waals surface area contributed by atoms with Gasteiger partial charge in [-0.2, -0.15) is 0 Å². The molecule has 0 aliphatic carbocycles. The summed E-state index contributed by atoms with van der Waals surface area (Å²) in [6, 6.07) is 17.7. The molecule has 3 aromatic rings. The lowest BCUT2D eigenvalue weighted by atomic mass is 10.2. The summed E-state index contributed by atoms with van der Waals surface area (Å²) in [6.07, 6.45) is 0. The number of methoxy groups -OCH3 is 1. The lowest BCUT2D eigenvalue weighted by Gasteiger charge is -2.12. The Morgan fingerprint density at radius 3 is 2.54 bits per heavy atom. The van der Waals surface area contributed by atoms with Gasteiger partial charge in [-0.25, -0.2) is 9.79 Å². The van der Waals surface area contributed by atoms with E-state index in [9.17, 15) is 9.59 Å². The molecule has 180 valence electrons. The average molecular weight is 476 g/mol. The largest absolute Gasteiger partial charge is 0.493 e. The van der Waals surface area contributed by atoms with E-state index in [2.05, 4.69) is 15.6 Å². The van der Waals surface area contributed by atoms with Gasteiger partial charge in [-0.15, -0.1) is 0 Å². The predicted octanol–water partition coefficient (Wildman–Crippen LogP) is 4.59. The first kappa shape index (κ1) is 23.6. The van der Waals surface area contributed by atoms with E-state index >= 15 is 0 Å². The molecule has 0 atom stereocenters. The number of hydrogen-bond donors (Lipinski definition) is 2. The van der Waals surface area contributed by atoms with Crippen LogP contribution in [0, 0.1) is 0 Å². The quantitative estimate of drug-likeness (QED) is 0.481. The van der Waals surface area contributed by atoms with E-state index in [4.69, 9.17) is 18.6 Å². The number of ether oxygens (including phenoxy) is 3. The maximum absolute atomic E-state index is 13.0. The highest BCUT2D eigenvalue weighted by molar-refractivity contribution is 6.25. The van der Waals surface area contributed by atoms with E-state index < -0.39 is 11.9 Å². The SMILES string of the molecule is CCOC(=O)C1=C(C)Nc2ccccc2N=C1NC(=O)c1ccc(COc2ccccc2OC)o1. The minimum absolute atomic E-state index is 0.0395. The monoisotopic (exact) mass is 475 g/mol. The number of allylic oxidation sites excluding steroid dienone is 1. The minimum Gasteiger partial charge on any atom is -0.493 e. The van der Waals surface area contributed by atoms with Crippen LogP contribution in [0.4, 0.5) is 11.4 Å². The van der Waals surface area contributed by atoms with Gasteiger partial charge in [-0.05, 0) is 50.2 Å². The summed E-state index contributed by atoms with van der Waals surface area (Å²) in [7, 11) is 1.56. The molecule has 2 heterocycles. The Hall–Kier alpha value is -4.53. The lowest BCUT2D eigenvalue weighted by molar-refractivity contribution is -0.137. The highest BCUT2D eigenvalue weighted by Gasteiger charge is 2.27. The van der Waals surface area contributed by atoms with Gasteiger partial charge in [0.15, 0.2) is 17.3 Å². The molecule has 0 unspecified atom stereocenters. The molecule has 0 bridgehead atoms. The number of nitrogens with zero attached hydrogens (tertiary/aromatic N) is 1. The number of hydrogen-bond acceptors (Lipinski definition) is 8. The number of amides is 1. The average Bonchev–Trinajstić information content (AvgIpc) is 3.28. The Morgan fingerprint density at radius 1 is 1.03 bits per heavy atom. The van der Waals surface area contributed by atoms with Gasteiger partial charge in [0.1, 0.15) is 23.8 Å². The van der Waals surface area contributed by atoms with Crippen LogP contribution < -0.4 is 20.1 Å². The number of amidine groups is 1. The number of carbonyl (C=O) groups excluding carboxylic acids is 2. The number of aliphatic imine (C=N–C) groups is 1. The Morgan fingerprint density at radius 2 is 1.77 bits per heavy atom. The number of fused-ring (bicyclic) bond motifs is 1. The van der Waals surface area contributed by atoms with Crippen molar-refractivity contribution in [2.45, 2.75) is 20.5 Å². The van der Waals surface area contributed by atoms with Gasteiger partial charge in [0.25, 0.3) is 5.91 Å². The molecule has 0 spiro atoms. The van der Waals surface area contributed by atoms with Crippen molar-refractivity contribution in [1.29, 1.82) is 0 Å². The lowest BCUT2D eigenvalue weighted by Crippen LogP contribution is -2.35. The predicted molar refractivity (Wildman–Crippen MR) is 130 cm³/mol. The maximum atomic E-state index is 13.0. The van der Waals surface area contributed by atoms with Crippen molar-refractivity contribution in [3.8, 4) is 11.5 Å². The van der Waals surface area contributed by atoms with Gasteiger partial charge in [0, 0.05) is 5.70 Å². The standard InChI is InChI=1S/C26H25N3O6/c1-4-33-26(31)23-16(2)27-18-9-5-6-10-19(18)28-24(23)29-25(30)22-14-13-17(35-22)15-34-21-12-8-7-11-20(21)32-3/h5-14,27H,4,15H2,1-3H3,(H,28,29,30). The van der Waals surface area contributed by atoms with Crippen molar-refractivity contribution >= 4 is 29.1 Å². The zero-order valence-corrected chi connectivity index (χ0v) is 19.6. The van der Waals surface area contributed by atoms with Crippen LogP contribution in [0.25, 0.3) is 0 Å². The van der Waals surface area contributed by atoms with E-state index in [1.54, 1.807) is 45.2 Å². The van der Waals surface area contributed by atoms with Crippen LogP contribution >= 0.6 is 0 Å². The summed E-state index contributed by atoms with van der Waals surface area (Å²) in [6.45, 7) is 3.70. The number of furan rings is 1. The summed E-state index contributed by atoms with van der Waals surface area (Å²) in [4.78, 5) is 30.3. The third kappa shape index (κ3) is 5.35. The van der Waals surface area contributed by atoms with E-state index in [0.717, 1.165) is 0 Å².